The summed E-state index contributed by atoms with van der Waals surface area (Å²) in [5.74, 6) is 0.139. The molecule has 0 aromatic heterocycles. The molecule has 5 fully saturated rings. The molecule has 9 rings (SSSR count). The van der Waals surface area contributed by atoms with Crippen LogP contribution in [0.5, 0.6) is 0 Å². The molecular formula is C49H59F3N6O5S3. The number of halogens is 3. The highest BCUT2D eigenvalue weighted by Crippen LogP contribution is 2.55. The number of piperidine rings is 1. The Morgan fingerprint density at radius 1 is 0.818 bits per heavy atom. The van der Waals surface area contributed by atoms with E-state index in [0.29, 0.717) is 42.3 Å². The fourth-order valence-corrected chi connectivity index (χ4v) is 13.6. The van der Waals surface area contributed by atoms with Crippen LogP contribution in [0.15, 0.2) is 112 Å². The van der Waals surface area contributed by atoms with Gasteiger partial charge in [0.15, 0.2) is 0 Å². The molecule has 1 spiro atoms. The maximum absolute atomic E-state index is 14.2. The van der Waals surface area contributed by atoms with Gasteiger partial charge < -0.3 is 20.4 Å². The summed E-state index contributed by atoms with van der Waals surface area (Å²) in [6.45, 7) is 6.72. The number of rotatable bonds is 16. The lowest BCUT2D eigenvalue weighted by Crippen LogP contribution is -2.54. The summed E-state index contributed by atoms with van der Waals surface area (Å²) < 4.78 is 97.9. The molecule has 2 aliphatic carbocycles. The number of amides is 1. The number of sulfone groups is 1. The van der Waals surface area contributed by atoms with E-state index < -0.39 is 47.1 Å². The molecule has 3 N–H and O–H groups in total. The molecule has 3 saturated heterocycles. The Morgan fingerprint density at radius 3 is 2.18 bits per heavy atom. The van der Waals surface area contributed by atoms with Crippen molar-refractivity contribution in [2.75, 3.05) is 68.3 Å². The van der Waals surface area contributed by atoms with E-state index in [4.69, 9.17) is 0 Å². The molecular weight excluding hydrogens is 906 g/mol. The van der Waals surface area contributed by atoms with E-state index in [1.807, 2.05) is 35.1 Å². The van der Waals surface area contributed by atoms with Crippen LogP contribution in [0.3, 0.4) is 0 Å². The van der Waals surface area contributed by atoms with Crippen molar-refractivity contribution in [2.24, 2.45) is 5.41 Å². The minimum absolute atomic E-state index is 0.0331. The van der Waals surface area contributed by atoms with E-state index in [1.165, 1.54) is 62.4 Å². The van der Waals surface area contributed by atoms with Crippen molar-refractivity contribution >= 4 is 48.9 Å². The number of carbonyl (C=O) groups is 1. The van der Waals surface area contributed by atoms with Gasteiger partial charge in [-0.05, 0) is 141 Å². The molecule has 1 amide bonds. The summed E-state index contributed by atoms with van der Waals surface area (Å²) in [6.07, 6.45) is 10.1. The van der Waals surface area contributed by atoms with Crippen molar-refractivity contribution < 1.29 is 34.8 Å². The number of likely N-dealkylation sites (tertiary alicyclic amines) is 1. The molecule has 11 nitrogen and oxygen atoms in total. The number of benzene rings is 4. The first kappa shape index (κ1) is 47.0. The van der Waals surface area contributed by atoms with Crippen LogP contribution in [0, 0.1) is 5.41 Å². The van der Waals surface area contributed by atoms with Gasteiger partial charge in [-0.1, -0.05) is 42.5 Å². The second-order valence-electron chi connectivity index (χ2n) is 18.8. The van der Waals surface area contributed by atoms with Gasteiger partial charge in [0, 0.05) is 85.8 Å². The standard InChI is InChI=1S/C49H59F3N6O5S3/c50-49(51,52)65(60,61)46-31-41(18-19-44(46)54-37(20-26-56-29-23-53-24-30-56)34-64-40-7-2-1-3-8-40)66(62,63)55-47(59)36-14-16-38(17-15-36)57-27-21-48(22-28-57)32-39(33-48)58-25-6-11-45(58)43-10-5-4-9-42(43)35-12-13-35/h1-5,7-10,14-19,31,35,37,39,45,53-54H,6,11-13,20-30,32-34H2,(H,55,59). The minimum Gasteiger partial charge on any atom is -0.380 e. The van der Waals surface area contributed by atoms with Gasteiger partial charge in [0.1, 0.15) is 4.90 Å². The highest BCUT2D eigenvalue weighted by atomic mass is 32.2. The number of anilines is 2. The van der Waals surface area contributed by atoms with Crippen LogP contribution in [0.1, 0.15) is 91.2 Å². The van der Waals surface area contributed by atoms with Gasteiger partial charge in [0.25, 0.3) is 25.8 Å². The van der Waals surface area contributed by atoms with Gasteiger partial charge in [-0.15, -0.1) is 11.8 Å². The van der Waals surface area contributed by atoms with E-state index in [9.17, 15) is 34.8 Å². The van der Waals surface area contributed by atoms with Crippen molar-refractivity contribution in [1.29, 1.82) is 0 Å². The van der Waals surface area contributed by atoms with Crippen LogP contribution >= 0.6 is 11.8 Å². The SMILES string of the molecule is O=C(NS(=O)(=O)c1ccc(NC(CCN2CCNCC2)CSc2ccccc2)c(S(=O)(=O)C(F)(F)F)c1)c1ccc(N2CCC3(CC2)CC(N2CCCC2c2ccccc2C2CC2)C3)cc1. The van der Waals surface area contributed by atoms with Gasteiger partial charge in [0.2, 0.25) is 0 Å². The van der Waals surface area contributed by atoms with Gasteiger partial charge >= 0.3 is 5.51 Å². The van der Waals surface area contributed by atoms with Crippen LogP contribution in [0.4, 0.5) is 24.5 Å². The molecule has 4 aromatic carbocycles. The van der Waals surface area contributed by atoms with Crippen molar-refractivity contribution in [1.82, 2.24) is 19.8 Å². The first-order valence-corrected chi connectivity index (χ1v) is 27.2. The third kappa shape index (κ3) is 10.5. The van der Waals surface area contributed by atoms with Gasteiger partial charge in [-0.25, -0.2) is 21.6 Å². The number of hydrogen-bond acceptors (Lipinski definition) is 11. The normalized spacial score (nSPS) is 21.4. The minimum atomic E-state index is -6.03. The third-order valence-corrected chi connectivity index (χ3v) is 18.5. The van der Waals surface area contributed by atoms with Crippen LogP contribution in [0.2, 0.25) is 0 Å². The average molecular weight is 965 g/mol. The van der Waals surface area contributed by atoms with Gasteiger partial charge in [-0.3, -0.25) is 9.69 Å². The number of thioether (sulfide) groups is 1. The third-order valence-electron chi connectivity index (χ3n) is 14.4. The Hall–Kier alpha value is -4.13. The van der Waals surface area contributed by atoms with Crippen LogP contribution in [-0.2, 0) is 19.9 Å². The molecule has 17 heteroatoms. The summed E-state index contributed by atoms with van der Waals surface area (Å²) in [5, 5.41) is 6.31. The molecule has 2 unspecified atom stereocenters. The van der Waals surface area contributed by atoms with E-state index >= 15 is 0 Å². The van der Waals surface area contributed by atoms with E-state index in [1.54, 1.807) is 23.3 Å². The molecule has 0 radical (unpaired) electrons. The molecule has 2 saturated carbocycles. The van der Waals surface area contributed by atoms with E-state index in [2.05, 4.69) is 49.6 Å². The maximum Gasteiger partial charge on any atom is 0.501 e. The largest absolute Gasteiger partial charge is 0.501 e. The summed E-state index contributed by atoms with van der Waals surface area (Å²) in [5.41, 5.74) is -1.71. The summed E-state index contributed by atoms with van der Waals surface area (Å²) >= 11 is 1.47. The number of carbonyl (C=O) groups excluding carboxylic acids is 1. The zero-order chi connectivity index (χ0) is 46.1. The Labute approximate surface area is 391 Å². The summed E-state index contributed by atoms with van der Waals surface area (Å²) in [6, 6.07) is 28.3. The average Bonchev–Trinajstić information content (AvgIpc) is 4.05. The highest BCUT2D eigenvalue weighted by Gasteiger charge is 2.51. The molecule has 2 atom stereocenters. The zero-order valence-corrected chi connectivity index (χ0v) is 39.5. The number of alkyl halides is 3. The Kier molecular flexibility index (Phi) is 13.8. The molecule has 4 aromatic rings. The van der Waals surface area contributed by atoms with Crippen molar-refractivity contribution in [3.63, 3.8) is 0 Å². The predicted octanol–water partition coefficient (Wildman–Crippen LogP) is 8.43. The van der Waals surface area contributed by atoms with E-state index in [0.717, 1.165) is 87.3 Å². The zero-order valence-electron chi connectivity index (χ0n) is 37.0. The summed E-state index contributed by atoms with van der Waals surface area (Å²) in [7, 11) is -10.8. The maximum atomic E-state index is 14.2. The van der Waals surface area contributed by atoms with Crippen molar-refractivity contribution in [3.05, 3.63) is 114 Å². The smallest absolute Gasteiger partial charge is 0.380 e. The Morgan fingerprint density at radius 2 is 1.50 bits per heavy atom. The fraction of sp³-hybridized carbons (Fsp3) is 0.490. The predicted molar refractivity (Wildman–Crippen MR) is 253 cm³/mol. The molecule has 0 bridgehead atoms. The highest BCUT2D eigenvalue weighted by molar-refractivity contribution is 7.99. The second kappa shape index (κ2) is 19.5. The van der Waals surface area contributed by atoms with Crippen LogP contribution < -0.4 is 20.3 Å². The monoisotopic (exact) mass is 964 g/mol. The quantitative estimate of drug-likeness (QED) is 0.0936. The number of nitrogens with one attached hydrogen (secondary N) is 3. The topological polar surface area (TPSA) is 131 Å². The number of nitrogens with zero attached hydrogens (tertiary/aromatic N) is 3. The Bertz CT molecular complexity index is 2560. The van der Waals surface area contributed by atoms with Gasteiger partial charge in [-0.2, -0.15) is 13.2 Å². The van der Waals surface area contributed by atoms with E-state index in [-0.39, 0.29) is 11.3 Å². The van der Waals surface area contributed by atoms with Crippen molar-refractivity contribution in [3.8, 4) is 0 Å². The lowest BCUT2D eigenvalue weighted by Gasteiger charge is -2.56. The molecule has 66 heavy (non-hydrogen) atoms. The van der Waals surface area contributed by atoms with Gasteiger partial charge in [0.05, 0.1) is 10.6 Å². The Balaban J connectivity index is 0.833. The molecule has 3 heterocycles. The molecule has 3 aliphatic heterocycles. The lowest BCUT2D eigenvalue weighted by atomic mass is 9.59. The lowest BCUT2D eigenvalue weighted by molar-refractivity contribution is -0.0436. The van der Waals surface area contributed by atoms with Crippen LogP contribution in [-0.4, -0.2) is 108 Å². The summed E-state index contributed by atoms with van der Waals surface area (Å²) in [4.78, 5) is 19.6. The molecule has 5 aliphatic rings. The number of piperazine rings is 1. The fourth-order valence-electron chi connectivity index (χ4n) is 10.6. The van der Waals surface area contributed by atoms with Crippen molar-refractivity contribution in [2.45, 2.75) is 102 Å². The number of sulfonamides is 1. The molecule has 354 valence electrons. The van der Waals surface area contributed by atoms with Crippen LogP contribution in [0.25, 0.3) is 0 Å². The first-order chi connectivity index (χ1) is 31.7. The second-order valence-corrected chi connectivity index (χ2v) is 23.5. The first-order valence-electron chi connectivity index (χ1n) is 23.3. The number of hydrogen-bond donors (Lipinski definition) is 3.